The highest BCUT2D eigenvalue weighted by Gasteiger charge is 2.65. The lowest BCUT2D eigenvalue weighted by Gasteiger charge is -2.28. The van der Waals surface area contributed by atoms with Crippen LogP contribution in [0.2, 0.25) is 0 Å². The molecule has 1 N–H and O–H groups in total. The fraction of sp³-hybridized carbons (Fsp3) is 0.900. The van der Waals surface area contributed by atoms with Gasteiger partial charge in [-0.05, 0) is 32.1 Å². The summed E-state index contributed by atoms with van der Waals surface area (Å²) < 4.78 is 95.0. The number of ether oxygens (including phenoxy) is 2. The van der Waals surface area contributed by atoms with E-state index in [1.54, 1.807) is 0 Å². The molecule has 0 aromatic heterocycles. The molecule has 0 saturated heterocycles. The monoisotopic (exact) mass is 490 g/mol. The van der Waals surface area contributed by atoms with Gasteiger partial charge < -0.3 is 9.47 Å². The molecule has 1 unspecified atom stereocenters. The van der Waals surface area contributed by atoms with Gasteiger partial charge in [-0.2, -0.15) is 26.0 Å². The van der Waals surface area contributed by atoms with E-state index in [2.05, 4.69) is 0 Å². The van der Waals surface area contributed by atoms with E-state index in [1.165, 1.54) is 0 Å². The zero-order valence-electron chi connectivity index (χ0n) is 17.7. The first-order valence-electron chi connectivity index (χ1n) is 10.9. The Morgan fingerprint density at radius 2 is 1.34 bits per heavy atom. The molecule has 0 aliphatic heterocycles. The molecule has 1 atom stereocenters. The lowest BCUT2D eigenvalue weighted by molar-refractivity contribution is -0.177. The SMILES string of the molecule is O=C(OCC(CCC(F)(F)C(F)(F)S(=O)(=O)O)OC(=O)C1CCCCC1)C1CCCCC1. The minimum absolute atomic E-state index is 0.358. The van der Waals surface area contributed by atoms with Crippen LogP contribution >= 0.6 is 0 Å². The molecule has 2 fully saturated rings. The predicted molar refractivity (Wildman–Crippen MR) is 105 cm³/mol. The third kappa shape index (κ3) is 7.03. The summed E-state index contributed by atoms with van der Waals surface area (Å²) in [6, 6.07) is 0. The van der Waals surface area contributed by atoms with Crippen molar-refractivity contribution >= 4 is 22.1 Å². The summed E-state index contributed by atoms with van der Waals surface area (Å²) in [5.74, 6) is -7.20. The molecule has 2 aliphatic rings. The molecule has 0 heterocycles. The molecule has 0 aromatic carbocycles. The number of alkyl halides is 4. The number of esters is 2. The maximum atomic E-state index is 13.9. The van der Waals surface area contributed by atoms with E-state index in [-0.39, 0.29) is 5.92 Å². The molecule has 7 nitrogen and oxygen atoms in total. The number of carbonyl (C=O) groups excluding carboxylic acids is 2. The lowest BCUT2D eigenvalue weighted by Crippen LogP contribution is -2.47. The summed E-state index contributed by atoms with van der Waals surface area (Å²) in [6.07, 6.45) is 3.50. The van der Waals surface area contributed by atoms with Gasteiger partial charge >= 0.3 is 33.2 Å². The zero-order chi connectivity index (χ0) is 24.0. The standard InChI is InChI=1S/C20H30F4O7S/c21-19(22,20(23,24)32(27,28)29)12-11-16(31-18(26)15-9-5-2-6-10-15)13-30-17(25)14-7-3-1-4-8-14/h14-16H,1-13H2,(H,27,28,29). The summed E-state index contributed by atoms with van der Waals surface area (Å²) in [5, 5.41) is -5.71. The van der Waals surface area contributed by atoms with E-state index in [4.69, 9.17) is 14.0 Å². The summed E-state index contributed by atoms with van der Waals surface area (Å²) >= 11 is 0. The first-order valence-corrected chi connectivity index (χ1v) is 12.4. The summed E-state index contributed by atoms with van der Waals surface area (Å²) in [5.41, 5.74) is 0. The van der Waals surface area contributed by atoms with Gasteiger partial charge in [0.05, 0.1) is 11.8 Å². The fourth-order valence-corrected chi connectivity index (χ4v) is 4.56. The Bertz CT molecular complexity index is 745. The Morgan fingerprint density at radius 1 is 0.875 bits per heavy atom. The normalized spacial score (nSPS) is 20.5. The topological polar surface area (TPSA) is 107 Å². The third-order valence-electron chi connectivity index (χ3n) is 6.10. The van der Waals surface area contributed by atoms with Crippen LogP contribution in [-0.2, 0) is 29.2 Å². The molecular formula is C20H30F4O7S. The molecule has 0 amide bonds. The first kappa shape index (κ1) is 26.8. The molecule has 0 radical (unpaired) electrons. The van der Waals surface area contributed by atoms with Crippen LogP contribution in [0.3, 0.4) is 0 Å². The maximum absolute atomic E-state index is 13.9. The van der Waals surface area contributed by atoms with Crippen LogP contribution in [0.5, 0.6) is 0 Å². The van der Waals surface area contributed by atoms with Crippen LogP contribution in [0, 0.1) is 11.8 Å². The average Bonchev–Trinajstić information content (AvgIpc) is 2.75. The molecule has 12 heteroatoms. The maximum Gasteiger partial charge on any atom is 0.431 e. The number of halogens is 4. The van der Waals surface area contributed by atoms with Crippen molar-refractivity contribution in [3.05, 3.63) is 0 Å². The second-order valence-electron chi connectivity index (χ2n) is 8.59. The number of carbonyl (C=O) groups is 2. The Morgan fingerprint density at radius 3 is 1.81 bits per heavy atom. The van der Waals surface area contributed by atoms with Crippen molar-refractivity contribution in [1.29, 1.82) is 0 Å². The van der Waals surface area contributed by atoms with Crippen LogP contribution in [0.25, 0.3) is 0 Å². The van der Waals surface area contributed by atoms with Gasteiger partial charge in [0.2, 0.25) is 0 Å². The highest BCUT2D eigenvalue weighted by Crippen LogP contribution is 2.42. The minimum atomic E-state index is -6.36. The van der Waals surface area contributed by atoms with Crippen molar-refractivity contribution < 1.29 is 49.6 Å². The van der Waals surface area contributed by atoms with Gasteiger partial charge in [-0.25, -0.2) is 0 Å². The van der Waals surface area contributed by atoms with Crippen LogP contribution in [-0.4, -0.2) is 48.8 Å². The second kappa shape index (κ2) is 11.1. The van der Waals surface area contributed by atoms with Gasteiger partial charge in [-0.3, -0.25) is 14.1 Å². The quantitative estimate of drug-likeness (QED) is 0.273. The van der Waals surface area contributed by atoms with Crippen molar-refractivity contribution in [3.8, 4) is 0 Å². The number of hydrogen-bond donors (Lipinski definition) is 1. The van der Waals surface area contributed by atoms with Crippen LogP contribution < -0.4 is 0 Å². The Hall–Kier alpha value is -1.43. The Labute approximate surface area is 185 Å². The van der Waals surface area contributed by atoms with E-state index < -0.39 is 64.7 Å². The van der Waals surface area contributed by atoms with Gasteiger partial charge in [0.25, 0.3) is 0 Å². The van der Waals surface area contributed by atoms with Crippen molar-refractivity contribution in [2.75, 3.05) is 6.61 Å². The third-order valence-corrected chi connectivity index (χ3v) is 7.05. The van der Waals surface area contributed by atoms with Gasteiger partial charge in [0.1, 0.15) is 12.7 Å². The highest BCUT2D eigenvalue weighted by molar-refractivity contribution is 7.87. The molecule has 0 aromatic rings. The van der Waals surface area contributed by atoms with E-state index in [0.29, 0.717) is 25.7 Å². The van der Waals surface area contributed by atoms with Gasteiger partial charge in [0, 0.05) is 6.42 Å². The van der Waals surface area contributed by atoms with Gasteiger partial charge in [-0.1, -0.05) is 38.5 Å². The zero-order valence-corrected chi connectivity index (χ0v) is 18.6. The average molecular weight is 491 g/mol. The van der Waals surface area contributed by atoms with Crippen molar-refractivity contribution in [2.45, 2.75) is 94.3 Å². The molecule has 2 aliphatic carbocycles. The van der Waals surface area contributed by atoms with E-state index in [1.807, 2.05) is 0 Å². The lowest BCUT2D eigenvalue weighted by atomic mass is 9.89. The molecule has 2 rings (SSSR count). The van der Waals surface area contributed by atoms with Crippen molar-refractivity contribution in [1.82, 2.24) is 0 Å². The van der Waals surface area contributed by atoms with E-state index >= 15 is 0 Å². The second-order valence-corrected chi connectivity index (χ2v) is 10.1. The van der Waals surface area contributed by atoms with Crippen molar-refractivity contribution in [2.24, 2.45) is 11.8 Å². The largest absolute Gasteiger partial charge is 0.462 e. The molecule has 0 spiro atoms. The predicted octanol–water partition coefficient (Wildman–Crippen LogP) is 4.50. The van der Waals surface area contributed by atoms with Crippen molar-refractivity contribution in [3.63, 3.8) is 0 Å². The Kier molecular flexibility index (Phi) is 9.33. The van der Waals surface area contributed by atoms with Gasteiger partial charge in [-0.15, -0.1) is 0 Å². The molecule has 0 bridgehead atoms. The van der Waals surface area contributed by atoms with Crippen LogP contribution in [0.4, 0.5) is 17.6 Å². The van der Waals surface area contributed by atoms with Crippen LogP contribution in [0.1, 0.15) is 77.0 Å². The summed E-state index contributed by atoms with van der Waals surface area (Å²) in [6.45, 7) is -0.596. The Balaban J connectivity index is 2.03. The first-order chi connectivity index (χ1) is 14.8. The minimum Gasteiger partial charge on any atom is -0.462 e. The molecule has 2 saturated carbocycles. The fourth-order valence-electron chi connectivity index (χ4n) is 4.08. The summed E-state index contributed by atoms with van der Waals surface area (Å²) in [4.78, 5) is 24.6. The van der Waals surface area contributed by atoms with Gasteiger partial charge in [0.15, 0.2) is 0 Å². The molecular weight excluding hydrogens is 460 g/mol. The molecule has 186 valence electrons. The highest BCUT2D eigenvalue weighted by atomic mass is 32.2. The smallest absolute Gasteiger partial charge is 0.431 e. The molecule has 32 heavy (non-hydrogen) atoms. The van der Waals surface area contributed by atoms with Crippen LogP contribution in [0.15, 0.2) is 0 Å². The number of hydrogen-bond acceptors (Lipinski definition) is 6. The van der Waals surface area contributed by atoms with E-state index in [9.17, 15) is 35.6 Å². The number of rotatable bonds is 10. The summed E-state index contributed by atoms with van der Waals surface area (Å²) in [7, 11) is -6.36. The van der Waals surface area contributed by atoms with E-state index in [0.717, 1.165) is 38.5 Å².